The maximum Gasteiger partial charge on any atom is 0.139 e. The van der Waals surface area contributed by atoms with Gasteiger partial charge >= 0.3 is 0 Å². The van der Waals surface area contributed by atoms with Crippen LogP contribution in [0.25, 0.3) is 98.9 Å². The van der Waals surface area contributed by atoms with Gasteiger partial charge in [0.15, 0.2) is 0 Å². The van der Waals surface area contributed by atoms with Gasteiger partial charge in [0.1, 0.15) is 22.3 Å². The molecule has 12 aromatic rings. The zero-order valence-electron chi connectivity index (χ0n) is 28.6. The first kappa shape index (κ1) is 28.6. The Balaban J connectivity index is 1.02. The van der Waals surface area contributed by atoms with Crippen LogP contribution in [0.3, 0.4) is 0 Å². The maximum atomic E-state index is 6.40. The van der Waals surface area contributed by atoms with E-state index in [4.69, 9.17) is 8.83 Å². The Morgan fingerprint density at radius 1 is 0.302 bits per heavy atom. The van der Waals surface area contributed by atoms with Gasteiger partial charge in [0.25, 0.3) is 0 Å². The van der Waals surface area contributed by atoms with Crippen molar-refractivity contribution in [3.63, 3.8) is 0 Å². The number of hydrogen-bond donors (Lipinski definition) is 0. The molecule has 8 aromatic carbocycles. The molecule has 0 aliphatic carbocycles. The number of nitrogens with zero attached hydrogens (tertiary/aromatic N) is 2. The van der Waals surface area contributed by atoms with Crippen LogP contribution >= 0.6 is 0 Å². The van der Waals surface area contributed by atoms with Crippen molar-refractivity contribution in [1.29, 1.82) is 0 Å². The summed E-state index contributed by atoms with van der Waals surface area (Å²) in [5.74, 6) is 0. The number of aromatic nitrogens is 2. The summed E-state index contributed by atoms with van der Waals surface area (Å²) in [6.07, 6.45) is 0.823. The molecule has 248 valence electrons. The first-order valence-corrected chi connectivity index (χ1v) is 18.1. The van der Waals surface area contributed by atoms with Crippen LogP contribution in [0.15, 0.2) is 179 Å². The molecular formula is C49H30N2O2. The molecule has 0 N–H and O–H groups in total. The standard InChI is InChI=1S/C49H30N2O2/c1-2-10-32(11-3-1)50-42-15-7-4-12-34(42)36-21-18-30(25-44(36)50)24-31-19-22-37-35-13-5-8-16-43(35)51(45(37)26-31)33-20-23-47-39(27-33)41-28-40-38-14-6-9-17-46(38)52-48(40)29-49(41)53-47/h1-23,25-29H,24H2. The molecule has 0 aliphatic rings. The van der Waals surface area contributed by atoms with E-state index in [0.29, 0.717) is 0 Å². The zero-order valence-corrected chi connectivity index (χ0v) is 28.6. The van der Waals surface area contributed by atoms with E-state index in [0.717, 1.165) is 56.0 Å². The van der Waals surface area contributed by atoms with Gasteiger partial charge in [-0.25, -0.2) is 0 Å². The normalized spacial score (nSPS) is 12.2. The highest BCUT2D eigenvalue weighted by Gasteiger charge is 2.18. The average Bonchev–Trinajstić information content (AvgIpc) is 3.94. The number of benzene rings is 8. The highest BCUT2D eigenvalue weighted by molar-refractivity contribution is 6.16. The lowest BCUT2D eigenvalue weighted by Crippen LogP contribution is -1.96. The Kier molecular flexibility index (Phi) is 5.80. The third-order valence-electron chi connectivity index (χ3n) is 11.1. The lowest BCUT2D eigenvalue weighted by molar-refractivity contribution is 0.656. The summed E-state index contributed by atoms with van der Waals surface area (Å²) in [5.41, 5.74) is 13.1. The van der Waals surface area contributed by atoms with E-state index >= 15 is 0 Å². The van der Waals surface area contributed by atoms with Crippen molar-refractivity contribution in [2.75, 3.05) is 0 Å². The third-order valence-corrected chi connectivity index (χ3v) is 11.1. The van der Waals surface area contributed by atoms with Crippen molar-refractivity contribution in [3.05, 3.63) is 181 Å². The smallest absolute Gasteiger partial charge is 0.139 e. The van der Waals surface area contributed by atoms with Gasteiger partial charge in [-0.3, -0.25) is 0 Å². The average molecular weight is 679 g/mol. The molecule has 0 amide bonds. The summed E-state index contributed by atoms with van der Waals surface area (Å²) in [6, 6.07) is 61.1. The summed E-state index contributed by atoms with van der Waals surface area (Å²) >= 11 is 0. The number of rotatable bonds is 4. The highest BCUT2D eigenvalue weighted by atomic mass is 16.3. The molecule has 4 aromatic heterocycles. The fraction of sp³-hybridized carbons (Fsp3) is 0.0204. The molecule has 4 heterocycles. The molecule has 0 radical (unpaired) electrons. The van der Waals surface area contributed by atoms with Gasteiger partial charge in [-0.1, -0.05) is 97.1 Å². The van der Waals surface area contributed by atoms with Gasteiger partial charge in [0.2, 0.25) is 0 Å². The maximum absolute atomic E-state index is 6.40. The molecule has 0 unspecified atom stereocenters. The van der Waals surface area contributed by atoms with Gasteiger partial charge < -0.3 is 18.0 Å². The molecule has 0 spiro atoms. The topological polar surface area (TPSA) is 36.1 Å². The minimum atomic E-state index is 0.823. The number of hydrogen-bond acceptors (Lipinski definition) is 2. The van der Waals surface area contributed by atoms with Crippen molar-refractivity contribution in [1.82, 2.24) is 9.13 Å². The second-order valence-corrected chi connectivity index (χ2v) is 14.1. The minimum absolute atomic E-state index is 0.823. The largest absolute Gasteiger partial charge is 0.456 e. The third kappa shape index (κ3) is 4.18. The van der Waals surface area contributed by atoms with Gasteiger partial charge in [-0.2, -0.15) is 0 Å². The van der Waals surface area contributed by atoms with Crippen molar-refractivity contribution in [2.24, 2.45) is 0 Å². The molecule has 53 heavy (non-hydrogen) atoms. The Bertz CT molecular complexity index is 3430. The number of fused-ring (bicyclic) bond motifs is 12. The summed E-state index contributed by atoms with van der Waals surface area (Å²) in [6.45, 7) is 0. The Labute approximate surface area is 303 Å². The zero-order chi connectivity index (χ0) is 34.6. The monoisotopic (exact) mass is 678 g/mol. The summed E-state index contributed by atoms with van der Waals surface area (Å²) in [4.78, 5) is 0. The molecule has 0 saturated heterocycles. The summed E-state index contributed by atoms with van der Waals surface area (Å²) in [5, 5.41) is 9.43. The van der Waals surface area contributed by atoms with Gasteiger partial charge in [-0.05, 0) is 84.3 Å². The van der Waals surface area contributed by atoms with Crippen LogP contribution in [-0.2, 0) is 6.42 Å². The fourth-order valence-corrected chi connectivity index (χ4v) is 8.74. The molecule has 0 fully saturated rings. The second-order valence-electron chi connectivity index (χ2n) is 14.1. The predicted octanol–water partition coefficient (Wildman–Crippen LogP) is 13.3. The lowest BCUT2D eigenvalue weighted by Gasteiger charge is -2.10. The first-order valence-electron chi connectivity index (χ1n) is 18.1. The molecule has 0 saturated carbocycles. The van der Waals surface area contributed by atoms with Crippen LogP contribution in [0.4, 0.5) is 0 Å². The molecule has 0 atom stereocenters. The van der Waals surface area contributed by atoms with Gasteiger partial charge in [0, 0.05) is 60.5 Å². The molecule has 4 heteroatoms. The summed E-state index contributed by atoms with van der Waals surface area (Å²) < 4.78 is 17.4. The number of furan rings is 2. The van der Waals surface area contributed by atoms with Gasteiger partial charge in [0.05, 0.1) is 22.1 Å². The number of para-hydroxylation sites is 4. The summed E-state index contributed by atoms with van der Waals surface area (Å²) in [7, 11) is 0. The molecule has 0 bridgehead atoms. The van der Waals surface area contributed by atoms with Crippen molar-refractivity contribution >= 4 is 87.5 Å². The molecule has 4 nitrogen and oxygen atoms in total. The van der Waals surface area contributed by atoms with Crippen LogP contribution in [-0.4, -0.2) is 9.13 Å². The van der Waals surface area contributed by atoms with Crippen LogP contribution < -0.4 is 0 Å². The lowest BCUT2D eigenvalue weighted by atomic mass is 10.0. The van der Waals surface area contributed by atoms with E-state index in [2.05, 4.69) is 161 Å². The SMILES string of the molecule is c1ccc(-n2c3ccccc3c3ccc(Cc4ccc5c6ccccc6n(-c6ccc7oc8cc9oc%10ccccc%10c9cc8c7c6)c5c4)cc32)cc1. The quantitative estimate of drug-likeness (QED) is 0.186. The van der Waals surface area contributed by atoms with E-state index in [1.165, 1.54) is 60.4 Å². The van der Waals surface area contributed by atoms with Gasteiger partial charge in [-0.15, -0.1) is 0 Å². The molecule has 0 aliphatic heterocycles. The van der Waals surface area contributed by atoms with Crippen LogP contribution in [0.2, 0.25) is 0 Å². The minimum Gasteiger partial charge on any atom is -0.456 e. The Morgan fingerprint density at radius 3 is 1.49 bits per heavy atom. The van der Waals surface area contributed by atoms with Crippen LogP contribution in [0.5, 0.6) is 0 Å². The van der Waals surface area contributed by atoms with Crippen LogP contribution in [0.1, 0.15) is 11.1 Å². The van der Waals surface area contributed by atoms with E-state index in [9.17, 15) is 0 Å². The van der Waals surface area contributed by atoms with E-state index in [1.807, 2.05) is 18.2 Å². The predicted molar refractivity (Wildman–Crippen MR) is 219 cm³/mol. The van der Waals surface area contributed by atoms with Crippen molar-refractivity contribution < 1.29 is 8.83 Å². The van der Waals surface area contributed by atoms with E-state index < -0.39 is 0 Å². The highest BCUT2D eigenvalue weighted by Crippen LogP contribution is 2.40. The van der Waals surface area contributed by atoms with Crippen molar-refractivity contribution in [3.8, 4) is 11.4 Å². The molecule has 12 rings (SSSR count). The second kappa shape index (κ2) is 10.7. The van der Waals surface area contributed by atoms with Crippen molar-refractivity contribution in [2.45, 2.75) is 6.42 Å². The van der Waals surface area contributed by atoms with E-state index in [1.54, 1.807) is 0 Å². The van der Waals surface area contributed by atoms with Crippen LogP contribution in [0, 0.1) is 0 Å². The Morgan fingerprint density at radius 2 is 0.811 bits per heavy atom. The first-order chi connectivity index (χ1) is 26.2. The van der Waals surface area contributed by atoms with E-state index in [-0.39, 0.29) is 0 Å². The Hall–Kier alpha value is -7.04. The molecular weight excluding hydrogens is 649 g/mol. The fourth-order valence-electron chi connectivity index (χ4n) is 8.74.